The molecule has 0 atom stereocenters. The predicted molar refractivity (Wildman–Crippen MR) is 75.7 cm³/mol. The zero-order valence-electron chi connectivity index (χ0n) is 10.3. The van der Waals surface area contributed by atoms with Crippen molar-refractivity contribution in [2.24, 2.45) is 10.2 Å². The minimum atomic E-state index is -0.223. The molecule has 2 rings (SSSR count). The number of halogens is 1. The summed E-state index contributed by atoms with van der Waals surface area (Å²) in [6.07, 6.45) is 1.04. The van der Waals surface area contributed by atoms with Gasteiger partial charge in [0.15, 0.2) is 0 Å². The second kappa shape index (κ2) is 6.81. The fourth-order valence-electron chi connectivity index (χ4n) is 1.57. The number of azo groups is 1. The van der Waals surface area contributed by atoms with Crippen molar-refractivity contribution in [3.63, 3.8) is 0 Å². The molecule has 4 heteroatoms. The number of hydrogen-bond acceptors (Lipinski definition) is 2. The van der Waals surface area contributed by atoms with Crippen LogP contribution in [-0.2, 0) is 11.2 Å². The van der Waals surface area contributed by atoms with Gasteiger partial charge in [0.1, 0.15) is 0 Å². The Hall–Kier alpha value is -2.00. The molecule has 0 radical (unpaired) electrons. The summed E-state index contributed by atoms with van der Waals surface area (Å²) in [5.74, 6) is -0.223. The zero-order valence-corrected chi connectivity index (χ0v) is 11.0. The highest BCUT2D eigenvalue weighted by Crippen LogP contribution is 2.16. The standard InChI is InChI=1S/C15H13ClN2O/c16-13-7-9-14(10-8-13)17-18-15(19)11-6-12-4-2-1-3-5-12/h1-5,7-10H,6,11H2. The number of benzene rings is 2. The van der Waals surface area contributed by atoms with E-state index in [1.807, 2.05) is 30.3 Å². The van der Waals surface area contributed by atoms with Gasteiger partial charge in [-0.25, -0.2) is 0 Å². The van der Waals surface area contributed by atoms with Crippen LogP contribution in [0.3, 0.4) is 0 Å². The maximum atomic E-state index is 11.6. The van der Waals surface area contributed by atoms with Crippen LogP contribution in [0, 0.1) is 0 Å². The van der Waals surface area contributed by atoms with E-state index in [-0.39, 0.29) is 5.91 Å². The number of hydrogen-bond donors (Lipinski definition) is 0. The van der Waals surface area contributed by atoms with E-state index in [2.05, 4.69) is 10.2 Å². The first kappa shape index (κ1) is 13.4. The largest absolute Gasteiger partial charge is 0.271 e. The van der Waals surface area contributed by atoms with Crippen LogP contribution >= 0.6 is 11.6 Å². The van der Waals surface area contributed by atoms with Crippen molar-refractivity contribution in [2.75, 3.05) is 0 Å². The Kier molecular flexibility index (Phi) is 4.81. The van der Waals surface area contributed by atoms with Crippen molar-refractivity contribution in [2.45, 2.75) is 12.8 Å². The topological polar surface area (TPSA) is 41.8 Å². The quantitative estimate of drug-likeness (QED) is 0.751. The van der Waals surface area contributed by atoms with Crippen molar-refractivity contribution in [3.05, 3.63) is 65.2 Å². The minimum absolute atomic E-state index is 0.223. The summed E-state index contributed by atoms with van der Waals surface area (Å²) in [6, 6.07) is 16.7. The lowest BCUT2D eigenvalue weighted by Gasteiger charge is -1.97. The Labute approximate surface area is 116 Å². The Bertz CT molecular complexity index is 564. The van der Waals surface area contributed by atoms with Gasteiger partial charge in [0.25, 0.3) is 5.91 Å². The molecule has 0 saturated heterocycles. The summed E-state index contributed by atoms with van der Waals surface area (Å²) < 4.78 is 0. The Morgan fingerprint density at radius 2 is 1.68 bits per heavy atom. The number of aryl methyl sites for hydroxylation is 1. The molecule has 1 amide bonds. The summed E-state index contributed by atoms with van der Waals surface area (Å²) in [5, 5.41) is 8.19. The molecule has 0 spiro atoms. The molecule has 0 aliphatic heterocycles. The van der Waals surface area contributed by atoms with Gasteiger partial charge in [-0.1, -0.05) is 41.9 Å². The van der Waals surface area contributed by atoms with Gasteiger partial charge in [0.05, 0.1) is 5.69 Å². The average Bonchev–Trinajstić information content (AvgIpc) is 2.45. The molecule has 0 aromatic heterocycles. The van der Waals surface area contributed by atoms with Crippen LogP contribution in [0.4, 0.5) is 5.69 Å². The normalized spacial score (nSPS) is 10.8. The third kappa shape index (κ3) is 4.64. The summed E-state index contributed by atoms with van der Waals surface area (Å²) in [5.41, 5.74) is 1.75. The summed E-state index contributed by atoms with van der Waals surface area (Å²) in [4.78, 5) is 11.6. The lowest BCUT2D eigenvalue weighted by molar-refractivity contribution is -0.118. The monoisotopic (exact) mass is 272 g/mol. The molecule has 0 saturated carbocycles. The van der Waals surface area contributed by atoms with Gasteiger partial charge < -0.3 is 0 Å². The Balaban J connectivity index is 1.86. The molecule has 0 unspecified atom stereocenters. The van der Waals surface area contributed by atoms with E-state index >= 15 is 0 Å². The summed E-state index contributed by atoms with van der Waals surface area (Å²) in [6.45, 7) is 0. The van der Waals surface area contributed by atoms with Crippen molar-refractivity contribution in [3.8, 4) is 0 Å². The molecule has 96 valence electrons. The summed E-state index contributed by atoms with van der Waals surface area (Å²) >= 11 is 5.75. The van der Waals surface area contributed by atoms with Gasteiger partial charge >= 0.3 is 0 Å². The first-order valence-corrected chi connectivity index (χ1v) is 6.36. The van der Waals surface area contributed by atoms with E-state index in [9.17, 15) is 4.79 Å². The predicted octanol–water partition coefficient (Wildman–Crippen LogP) is 4.58. The van der Waals surface area contributed by atoms with Gasteiger partial charge in [-0.3, -0.25) is 4.79 Å². The molecule has 0 aliphatic carbocycles. The number of carbonyl (C=O) groups excluding carboxylic acids is 1. The van der Waals surface area contributed by atoms with Crippen LogP contribution in [0.1, 0.15) is 12.0 Å². The molecule has 0 fully saturated rings. The molecule has 19 heavy (non-hydrogen) atoms. The molecule has 0 aliphatic rings. The number of carbonyl (C=O) groups is 1. The zero-order chi connectivity index (χ0) is 13.5. The maximum Gasteiger partial charge on any atom is 0.265 e. The minimum Gasteiger partial charge on any atom is -0.271 e. The highest BCUT2D eigenvalue weighted by molar-refractivity contribution is 6.30. The van der Waals surface area contributed by atoms with Gasteiger partial charge in [-0.15, -0.1) is 10.2 Å². The van der Waals surface area contributed by atoms with Crippen LogP contribution in [-0.4, -0.2) is 5.91 Å². The van der Waals surface area contributed by atoms with Crippen molar-refractivity contribution in [1.29, 1.82) is 0 Å². The third-order valence-electron chi connectivity index (χ3n) is 2.57. The van der Waals surface area contributed by atoms with E-state index in [4.69, 9.17) is 11.6 Å². The molecular formula is C15H13ClN2O. The maximum absolute atomic E-state index is 11.6. The van der Waals surface area contributed by atoms with E-state index in [0.717, 1.165) is 5.56 Å². The fourth-order valence-corrected chi connectivity index (χ4v) is 1.69. The molecule has 0 bridgehead atoms. The van der Waals surface area contributed by atoms with Crippen LogP contribution in [0.25, 0.3) is 0 Å². The lowest BCUT2D eigenvalue weighted by Crippen LogP contribution is -1.95. The molecular weight excluding hydrogens is 260 g/mol. The Morgan fingerprint density at radius 1 is 1.00 bits per heavy atom. The van der Waals surface area contributed by atoms with Crippen molar-refractivity contribution in [1.82, 2.24) is 0 Å². The number of rotatable bonds is 4. The van der Waals surface area contributed by atoms with E-state index in [1.165, 1.54) is 0 Å². The highest BCUT2D eigenvalue weighted by Gasteiger charge is 2.00. The van der Waals surface area contributed by atoms with Crippen LogP contribution in [0.5, 0.6) is 0 Å². The smallest absolute Gasteiger partial charge is 0.265 e. The molecule has 2 aromatic rings. The molecule has 0 heterocycles. The number of amides is 1. The first-order chi connectivity index (χ1) is 9.24. The van der Waals surface area contributed by atoms with E-state index in [1.54, 1.807) is 24.3 Å². The third-order valence-corrected chi connectivity index (χ3v) is 2.83. The summed E-state index contributed by atoms with van der Waals surface area (Å²) in [7, 11) is 0. The van der Waals surface area contributed by atoms with Crippen LogP contribution < -0.4 is 0 Å². The molecule has 3 nitrogen and oxygen atoms in total. The fraction of sp³-hybridized carbons (Fsp3) is 0.133. The number of nitrogens with zero attached hydrogens (tertiary/aromatic N) is 2. The first-order valence-electron chi connectivity index (χ1n) is 5.98. The van der Waals surface area contributed by atoms with Gasteiger partial charge in [-0.2, -0.15) is 0 Å². The lowest BCUT2D eigenvalue weighted by atomic mass is 10.1. The van der Waals surface area contributed by atoms with Gasteiger partial charge in [-0.05, 0) is 36.2 Å². The van der Waals surface area contributed by atoms with Crippen LogP contribution in [0.2, 0.25) is 5.02 Å². The Morgan fingerprint density at radius 3 is 2.37 bits per heavy atom. The average molecular weight is 273 g/mol. The molecule has 2 aromatic carbocycles. The van der Waals surface area contributed by atoms with Gasteiger partial charge in [0.2, 0.25) is 0 Å². The molecule has 0 N–H and O–H groups in total. The second-order valence-electron chi connectivity index (χ2n) is 4.06. The SMILES string of the molecule is O=C(CCc1ccccc1)N=Nc1ccc(Cl)cc1. The second-order valence-corrected chi connectivity index (χ2v) is 4.49. The van der Waals surface area contributed by atoms with Crippen LogP contribution in [0.15, 0.2) is 64.8 Å². The van der Waals surface area contributed by atoms with Crippen molar-refractivity contribution >= 4 is 23.2 Å². The van der Waals surface area contributed by atoms with Gasteiger partial charge in [0, 0.05) is 11.4 Å². The van der Waals surface area contributed by atoms with Crippen molar-refractivity contribution < 1.29 is 4.79 Å². The van der Waals surface area contributed by atoms with E-state index in [0.29, 0.717) is 23.6 Å². The van der Waals surface area contributed by atoms with E-state index < -0.39 is 0 Å². The highest BCUT2D eigenvalue weighted by atomic mass is 35.5.